The van der Waals surface area contributed by atoms with Crippen molar-refractivity contribution in [1.82, 2.24) is 5.06 Å². The van der Waals surface area contributed by atoms with E-state index in [0.29, 0.717) is 13.0 Å². The van der Waals surface area contributed by atoms with E-state index in [0.717, 1.165) is 38.7 Å². The van der Waals surface area contributed by atoms with E-state index in [1.165, 1.54) is 167 Å². The Morgan fingerprint density at radius 3 is 1.23 bits per heavy atom. The minimum atomic E-state index is -0.348. The predicted molar refractivity (Wildman–Crippen MR) is 225 cm³/mol. The van der Waals surface area contributed by atoms with Crippen LogP contribution in [0.15, 0.2) is 0 Å². The first-order valence-electron chi connectivity index (χ1n) is 23.2. The highest BCUT2D eigenvalue weighted by Gasteiger charge is 2.48. The number of carbonyl (C=O) groups is 1. The second-order valence-corrected chi connectivity index (χ2v) is 18.6. The van der Waals surface area contributed by atoms with E-state index >= 15 is 0 Å². The smallest absolute Gasteiger partial charge is 0.306 e. The number of esters is 1. The second kappa shape index (κ2) is 30.6. The van der Waals surface area contributed by atoms with Crippen molar-refractivity contribution in [3.63, 3.8) is 0 Å². The molecule has 5 heteroatoms. The van der Waals surface area contributed by atoms with Gasteiger partial charge in [-0.15, -0.1) is 0 Å². The van der Waals surface area contributed by atoms with Crippen LogP contribution in [0.25, 0.3) is 0 Å². The molecule has 0 N–H and O–H groups in total. The van der Waals surface area contributed by atoms with E-state index in [9.17, 15) is 4.79 Å². The Morgan fingerprint density at radius 2 is 0.865 bits per heavy atom. The number of ether oxygens (including phenoxy) is 2. The van der Waals surface area contributed by atoms with E-state index in [-0.39, 0.29) is 28.8 Å². The molecule has 0 bridgehead atoms. The molecule has 1 heterocycles. The number of nitrogens with zero attached hydrogens (tertiary/aromatic N) is 1. The van der Waals surface area contributed by atoms with Crippen LogP contribution in [0, 0.1) is 0 Å². The molecule has 52 heavy (non-hydrogen) atoms. The number of rotatable bonds is 36. The molecule has 0 radical (unpaired) electrons. The minimum Gasteiger partial charge on any atom is -0.462 e. The number of carbonyl (C=O) groups excluding carboxylic acids is 1. The van der Waals surface area contributed by atoms with Crippen molar-refractivity contribution < 1.29 is 19.1 Å². The van der Waals surface area contributed by atoms with Crippen molar-refractivity contribution in [1.29, 1.82) is 0 Å². The van der Waals surface area contributed by atoms with Crippen LogP contribution in [0.4, 0.5) is 0 Å². The van der Waals surface area contributed by atoms with Crippen LogP contribution >= 0.6 is 0 Å². The lowest BCUT2D eigenvalue weighted by molar-refractivity contribution is -0.309. The fourth-order valence-corrected chi connectivity index (χ4v) is 8.40. The molecule has 0 aromatic carbocycles. The maximum absolute atomic E-state index is 12.8. The van der Waals surface area contributed by atoms with Crippen LogP contribution in [0.2, 0.25) is 0 Å². The van der Waals surface area contributed by atoms with Gasteiger partial charge in [-0.25, -0.2) is 0 Å². The molecule has 1 fully saturated rings. The van der Waals surface area contributed by atoms with Gasteiger partial charge in [-0.3, -0.25) is 9.63 Å². The number of hydroxylamine groups is 2. The quantitative estimate of drug-likeness (QED) is 0.0474. The molecule has 0 amide bonds. The minimum absolute atomic E-state index is 0.0299. The highest BCUT2D eigenvalue weighted by Crippen LogP contribution is 2.40. The molecule has 0 spiro atoms. The highest BCUT2D eigenvalue weighted by atomic mass is 16.7. The molecular weight excluding hydrogens is 643 g/mol. The molecule has 1 saturated heterocycles. The van der Waals surface area contributed by atoms with Gasteiger partial charge in [-0.05, 0) is 54.4 Å². The van der Waals surface area contributed by atoms with Crippen molar-refractivity contribution in [2.24, 2.45) is 0 Å². The first-order chi connectivity index (χ1) is 24.9. The third-order valence-corrected chi connectivity index (χ3v) is 11.4. The first kappa shape index (κ1) is 49.4. The summed E-state index contributed by atoms with van der Waals surface area (Å²) in [7, 11) is 0. The van der Waals surface area contributed by atoms with Gasteiger partial charge in [0.25, 0.3) is 0 Å². The summed E-state index contributed by atoms with van der Waals surface area (Å²) in [4.78, 5) is 19.3. The fourth-order valence-electron chi connectivity index (χ4n) is 8.40. The van der Waals surface area contributed by atoms with Crippen LogP contribution in [0.5, 0.6) is 0 Å². The van der Waals surface area contributed by atoms with Crippen LogP contribution < -0.4 is 0 Å². The van der Waals surface area contributed by atoms with Crippen molar-refractivity contribution in [3.8, 4) is 0 Å². The van der Waals surface area contributed by atoms with Gasteiger partial charge < -0.3 is 9.47 Å². The Bertz CT molecular complexity index is 806. The summed E-state index contributed by atoms with van der Waals surface area (Å²) in [6.45, 7) is 19.0. The lowest BCUT2D eigenvalue weighted by Gasteiger charge is -2.53. The first-order valence-corrected chi connectivity index (χ1v) is 23.2. The zero-order valence-electron chi connectivity index (χ0n) is 36.7. The van der Waals surface area contributed by atoms with Gasteiger partial charge in [0.05, 0.1) is 12.2 Å². The summed E-state index contributed by atoms with van der Waals surface area (Å²) >= 11 is 0. The lowest BCUT2D eigenvalue weighted by atomic mass is 9.80. The largest absolute Gasteiger partial charge is 0.462 e. The monoisotopic (exact) mass is 736 g/mol. The molecule has 1 aliphatic heterocycles. The summed E-state index contributed by atoms with van der Waals surface area (Å²) in [6.07, 6.45) is 41.2. The Kier molecular flexibility index (Phi) is 29.0. The molecule has 1 aliphatic rings. The lowest BCUT2D eigenvalue weighted by Crippen LogP contribution is -2.62. The molecule has 0 aromatic rings. The third kappa shape index (κ3) is 26.2. The van der Waals surface area contributed by atoms with E-state index < -0.39 is 0 Å². The molecule has 310 valence electrons. The number of hydrogen-bond donors (Lipinski definition) is 0. The maximum atomic E-state index is 12.8. The number of piperidine rings is 1. The summed E-state index contributed by atoms with van der Waals surface area (Å²) in [5.74, 6) is -0.0299. The zero-order chi connectivity index (χ0) is 38.4. The molecular formula is C47H93NO4. The van der Waals surface area contributed by atoms with Gasteiger partial charge in [0.15, 0.2) is 0 Å². The molecule has 0 aliphatic carbocycles. The fraction of sp³-hybridized carbons (Fsp3) is 0.979. The standard InChI is InChI=1S/C47H93NO4/c1-9-11-13-15-17-19-21-23-24-25-27-29-31-33-35-37-39-50-47(7,8)42-51-48-45(3,4)40-43(41-46(48,5)6)52-44(49)38-36-34-32-30-28-26-22-20-18-16-14-12-10-2/h43H,9-42H2,1-8H3. The van der Waals surface area contributed by atoms with Gasteiger partial charge in [-0.2, -0.15) is 5.06 Å². The van der Waals surface area contributed by atoms with Crippen molar-refractivity contribution in [3.05, 3.63) is 0 Å². The molecule has 0 aromatic heterocycles. The normalized spacial score (nSPS) is 16.5. The average molecular weight is 736 g/mol. The van der Waals surface area contributed by atoms with Gasteiger partial charge in [-0.1, -0.05) is 187 Å². The van der Waals surface area contributed by atoms with Crippen LogP contribution in [0.1, 0.15) is 261 Å². The summed E-state index contributed by atoms with van der Waals surface area (Å²) in [5.41, 5.74) is -0.836. The van der Waals surface area contributed by atoms with Crippen molar-refractivity contribution >= 4 is 5.97 Å². The van der Waals surface area contributed by atoms with Gasteiger partial charge in [0.1, 0.15) is 6.10 Å². The molecule has 5 nitrogen and oxygen atoms in total. The zero-order valence-corrected chi connectivity index (χ0v) is 36.7. The van der Waals surface area contributed by atoms with Crippen LogP contribution in [0.3, 0.4) is 0 Å². The molecule has 1 rings (SSSR count). The van der Waals surface area contributed by atoms with Crippen LogP contribution in [-0.4, -0.2) is 47.0 Å². The third-order valence-electron chi connectivity index (χ3n) is 11.4. The van der Waals surface area contributed by atoms with Gasteiger partial charge >= 0.3 is 5.97 Å². The van der Waals surface area contributed by atoms with E-state index in [4.69, 9.17) is 14.3 Å². The number of hydrogen-bond acceptors (Lipinski definition) is 5. The van der Waals surface area contributed by atoms with Crippen molar-refractivity contribution in [2.45, 2.75) is 284 Å². The molecule has 0 atom stereocenters. The maximum Gasteiger partial charge on any atom is 0.306 e. The Balaban J connectivity index is 2.13. The topological polar surface area (TPSA) is 48.0 Å². The van der Waals surface area contributed by atoms with E-state index in [1.807, 2.05) is 0 Å². The van der Waals surface area contributed by atoms with Crippen LogP contribution in [-0.2, 0) is 19.1 Å². The van der Waals surface area contributed by atoms with Crippen molar-refractivity contribution in [2.75, 3.05) is 13.2 Å². The summed E-state index contributed by atoms with van der Waals surface area (Å²) in [5, 5.41) is 2.16. The van der Waals surface area contributed by atoms with E-state index in [2.05, 4.69) is 60.5 Å². The SMILES string of the molecule is CCCCCCCCCCCCCCCCCCOC(C)(C)CON1C(C)(C)CC(OC(=O)CCCCCCCCCCCCCCC)CC1(C)C. The highest BCUT2D eigenvalue weighted by molar-refractivity contribution is 5.69. The average Bonchev–Trinajstić information content (AvgIpc) is 3.07. The predicted octanol–water partition coefficient (Wildman–Crippen LogP) is 15.0. The Morgan fingerprint density at radius 1 is 0.538 bits per heavy atom. The Hall–Kier alpha value is -0.650. The molecule has 0 saturated carbocycles. The second-order valence-electron chi connectivity index (χ2n) is 18.6. The van der Waals surface area contributed by atoms with E-state index in [1.54, 1.807) is 0 Å². The van der Waals surface area contributed by atoms with Gasteiger partial charge in [0, 0.05) is 36.9 Å². The summed E-state index contributed by atoms with van der Waals surface area (Å²) in [6, 6.07) is 0. The summed E-state index contributed by atoms with van der Waals surface area (Å²) < 4.78 is 12.4. The molecule has 0 unspecified atom stereocenters. The van der Waals surface area contributed by atoms with Gasteiger partial charge in [0.2, 0.25) is 0 Å². The Labute approximate surface area is 326 Å². The number of unbranched alkanes of at least 4 members (excludes halogenated alkanes) is 27.